The second kappa shape index (κ2) is 5.52. The molecule has 0 saturated heterocycles. The molecule has 0 spiro atoms. The van der Waals surface area contributed by atoms with Gasteiger partial charge in [-0.05, 0) is 38.5 Å². The predicted molar refractivity (Wildman–Crippen MR) is 90.8 cm³/mol. The molecule has 0 bridgehead atoms. The number of rotatable bonds is 2. The number of thioether (sulfide) groups is 1. The van der Waals surface area contributed by atoms with Crippen LogP contribution in [0.4, 0.5) is 5.82 Å². The van der Waals surface area contributed by atoms with Crippen LogP contribution in [0, 0.1) is 0 Å². The number of benzene rings is 1. The Morgan fingerprint density at radius 2 is 2.18 bits per heavy atom. The van der Waals surface area contributed by atoms with Crippen LogP contribution in [0.2, 0.25) is 5.02 Å². The molecule has 0 aliphatic carbocycles. The van der Waals surface area contributed by atoms with E-state index in [1.807, 2.05) is 20.8 Å². The van der Waals surface area contributed by atoms with Gasteiger partial charge in [-0.25, -0.2) is 4.99 Å². The predicted octanol–water partition coefficient (Wildman–Crippen LogP) is 4.00. The van der Waals surface area contributed by atoms with Crippen LogP contribution < -0.4 is 5.56 Å². The molecule has 116 valence electrons. The second-order valence-electron chi connectivity index (χ2n) is 5.48. The smallest absolute Gasteiger partial charge is 0.271 e. The quantitative estimate of drug-likeness (QED) is 0.870. The van der Waals surface area contributed by atoms with Crippen molar-refractivity contribution in [3.8, 4) is 5.75 Å². The van der Waals surface area contributed by atoms with Gasteiger partial charge in [0, 0.05) is 6.04 Å². The van der Waals surface area contributed by atoms with Gasteiger partial charge in [-0.15, -0.1) is 0 Å². The lowest BCUT2D eigenvalue weighted by atomic mass is 10.1. The Labute approximate surface area is 137 Å². The van der Waals surface area contributed by atoms with Crippen molar-refractivity contribution in [2.75, 3.05) is 0 Å². The van der Waals surface area contributed by atoms with Crippen LogP contribution in [-0.2, 0) is 0 Å². The maximum atomic E-state index is 12.4. The first-order valence-corrected chi connectivity index (χ1v) is 8.19. The number of aliphatic imine (C=N–C) groups is 1. The zero-order valence-electron chi connectivity index (χ0n) is 12.4. The molecule has 7 heteroatoms. The lowest BCUT2D eigenvalue weighted by Gasteiger charge is -2.21. The Hall–Kier alpha value is -1.66. The average molecular weight is 338 g/mol. The van der Waals surface area contributed by atoms with Gasteiger partial charge in [0.2, 0.25) is 0 Å². The van der Waals surface area contributed by atoms with E-state index in [0.717, 1.165) is 10.6 Å². The van der Waals surface area contributed by atoms with E-state index >= 15 is 0 Å². The Bertz CT molecular complexity index is 823. The molecule has 0 amide bonds. The summed E-state index contributed by atoms with van der Waals surface area (Å²) in [7, 11) is 0. The van der Waals surface area contributed by atoms with Gasteiger partial charge in [-0.2, -0.15) is 0 Å². The molecule has 1 aliphatic rings. The highest BCUT2D eigenvalue weighted by atomic mass is 35.5. The topological polar surface area (TPSA) is 70.4 Å². The van der Waals surface area contributed by atoms with Crippen molar-refractivity contribution in [3.05, 3.63) is 44.7 Å². The number of aromatic nitrogens is 2. The summed E-state index contributed by atoms with van der Waals surface area (Å²) in [5, 5.41) is 13.4. The van der Waals surface area contributed by atoms with Crippen molar-refractivity contribution in [1.29, 1.82) is 0 Å². The van der Waals surface area contributed by atoms with Crippen LogP contribution in [0.25, 0.3) is 0 Å². The number of aromatic hydroxyl groups is 1. The van der Waals surface area contributed by atoms with E-state index < -0.39 is 0 Å². The lowest BCUT2D eigenvalue weighted by molar-refractivity contribution is 0.475. The molecule has 22 heavy (non-hydrogen) atoms. The molecule has 0 saturated carbocycles. The van der Waals surface area contributed by atoms with E-state index in [9.17, 15) is 9.90 Å². The number of phenolic OH excluding ortho intramolecular Hbond substituents is 1. The average Bonchev–Trinajstić information content (AvgIpc) is 2.78. The van der Waals surface area contributed by atoms with Gasteiger partial charge in [0.1, 0.15) is 5.75 Å². The third-order valence-corrected chi connectivity index (χ3v) is 5.02. The Kier molecular flexibility index (Phi) is 3.82. The number of hydrogen-bond acceptors (Lipinski definition) is 4. The van der Waals surface area contributed by atoms with Crippen molar-refractivity contribution < 1.29 is 5.11 Å². The maximum absolute atomic E-state index is 12.4. The zero-order valence-corrected chi connectivity index (χ0v) is 14.0. The number of fused-ring (bicyclic) bond motifs is 1. The SMILES string of the molecule is CC1=Nc2c(c(=O)[nH]n2C(C)C)[C@@H](c2ccc(O)c(Cl)c2)S1. The fourth-order valence-corrected chi connectivity index (χ4v) is 3.79. The van der Waals surface area contributed by atoms with Crippen LogP contribution in [-0.4, -0.2) is 19.9 Å². The normalized spacial score (nSPS) is 17.5. The number of hydrogen-bond donors (Lipinski definition) is 2. The summed E-state index contributed by atoms with van der Waals surface area (Å²) in [5.74, 6) is 0.705. The molecule has 0 unspecified atom stereocenters. The third-order valence-electron chi connectivity index (χ3n) is 3.54. The minimum Gasteiger partial charge on any atom is -0.506 e. The van der Waals surface area contributed by atoms with Crippen LogP contribution in [0.15, 0.2) is 28.0 Å². The first-order valence-electron chi connectivity index (χ1n) is 6.93. The van der Waals surface area contributed by atoms with Gasteiger partial charge in [0.25, 0.3) is 5.56 Å². The van der Waals surface area contributed by atoms with Gasteiger partial charge in [0.05, 0.1) is 20.9 Å². The van der Waals surface area contributed by atoms with Crippen LogP contribution in [0.5, 0.6) is 5.75 Å². The summed E-state index contributed by atoms with van der Waals surface area (Å²) in [4.78, 5) is 16.9. The Balaban J connectivity index is 2.19. The van der Waals surface area contributed by atoms with E-state index in [-0.39, 0.29) is 27.6 Å². The monoisotopic (exact) mass is 337 g/mol. The molecule has 1 aromatic heterocycles. The molecule has 1 atom stereocenters. The molecule has 3 rings (SSSR count). The first-order chi connectivity index (χ1) is 10.4. The van der Waals surface area contributed by atoms with Crippen molar-refractivity contribution in [3.63, 3.8) is 0 Å². The Morgan fingerprint density at radius 3 is 2.82 bits per heavy atom. The summed E-state index contributed by atoms with van der Waals surface area (Å²) >= 11 is 7.52. The number of nitrogens with zero attached hydrogens (tertiary/aromatic N) is 2. The highest BCUT2D eigenvalue weighted by Crippen LogP contribution is 2.45. The minimum atomic E-state index is -0.186. The fraction of sp³-hybridized carbons (Fsp3) is 0.333. The highest BCUT2D eigenvalue weighted by molar-refractivity contribution is 8.14. The molecule has 0 radical (unpaired) electrons. The van der Waals surface area contributed by atoms with E-state index in [4.69, 9.17) is 11.6 Å². The van der Waals surface area contributed by atoms with Crippen LogP contribution in [0.1, 0.15) is 43.2 Å². The molecule has 1 aliphatic heterocycles. The van der Waals surface area contributed by atoms with Crippen LogP contribution in [0.3, 0.4) is 0 Å². The third kappa shape index (κ3) is 2.46. The zero-order chi connectivity index (χ0) is 16.0. The fourth-order valence-electron chi connectivity index (χ4n) is 2.50. The lowest BCUT2D eigenvalue weighted by Crippen LogP contribution is -2.13. The van der Waals surface area contributed by atoms with Crippen molar-refractivity contribution >= 4 is 34.2 Å². The molecule has 2 N–H and O–H groups in total. The molecule has 5 nitrogen and oxygen atoms in total. The molecule has 0 fully saturated rings. The summed E-state index contributed by atoms with van der Waals surface area (Å²) < 4.78 is 1.79. The second-order valence-corrected chi connectivity index (χ2v) is 7.19. The summed E-state index contributed by atoms with van der Waals surface area (Å²) in [5.41, 5.74) is 1.36. The standard InChI is InChI=1S/C15H16ClN3O2S/c1-7(2)19-14-12(15(21)18-19)13(22-8(3)17-14)9-4-5-11(20)10(16)6-9/h4-7,13,20H,1-3H3,(H,18,21)/t13-/m1/s1. The van der Waals surface area contributed by atoms with Gasteiger partial charge in [-0.3, -0.25) is 14.6 Å². The number of phenols is 1. The molecule has 2 heterocycles. The van der Waals surface area contributed by atoms with E-state index in [1.54, 1.807) is 22.9 Å². The molecular formula is C15H16ClN3O2S. The number of aromatic amines is 1. The maximum Gasteiger partial charge on any atom is 0.271 e. The largest absolute Gasteiger partial charge is 0.506 e. The first kappa shape index (κ1) is 15.2. The van der Waals surface area contributed by atoms with Gasteiger partial charge < -0.3 is 5.11 Å². The van der Waals surface area contributed by atoms with Gasteiger partial charge in [0.15, 0.2) is 5.82 Å². The Morgan fingerprint density at radius 1 is 1.45 bits per heavy atom. The molecule has 2 aromatic rings. The number of halogens is 1. The van der Waals surface area contributed by atoms with Crippen molar-refractivity contribution in [2.45, 2.75) is 32.1 Å². The summed E-state index contributed by atoms with van der Waals surface area (Å²) in [6, 6.07) is 5.14. The number of nitrogens with one attached hydrogen (secondary N) is 1. The number of H-pyrrole nitrogens is 1. The summed E-state index contributed by atoms with van der Waals surface area (Å²) in [6.07, 6.45) is 0. The summed E-state index contributed by atoms with van der Waals surface area (Å²) in [6.45, 7) is 5.91. The molecule has 1 aromatic carbocycles. The van der Waals surface area contributed by atoms with Crippen LogP contribution >= 0.6 is 23.4 Å². The van der Waals surface area contributed by atoms with E-state index in [2.05, 4.69) is 10.1 Å². The van der Waals surface area contributed by atoms with Crippen molar-refractivity contribution in [2.24, 2.45) is 4.99 Å². The minimum absolute atomic E-state index is 0.0329. The molecular weight excluding hydrogens is 322 g/mol. The van der Waals surface area contributed by atoms with E-state index in [1.165, 1.54) is 11.8 Å². The van der Waals surface area contributed by atoms with Gasteiger partial charge >= 0.3 is 0 Å². The van der Waals surface area contributed by atoms with Crippen molar-refractivity contribution in [1.82, 2.24) is 9.78 Å². The van der Waals surface area contributed by atoms with Gasteiger partial charge in [-0.1, -0.05) is 29.4 Å². The van der Waals surface area contributed by atoms with E-state index in [0.29, 0.717) is 11.4 Å². The highest BCUT2D eigenvalue weighted by Gasteiger charge is 2.30.